The summed E-state index contributed by atoms with van der Waals surface area (Å²) in [5, 5.41) is 8.24. The lowest BCUT2D eigenvalue weighted by Crippen LogP contribution is -2.48. The summed E-state index contributed by atoms with van der Waals surface area (Å²) < 4.78 is 18.9. The molecule has 1 fully saturated rings. The molecule has 1 unspecified atom stereocenters. The Morgan fingerprint density at radius 1 is 1.20 bits per heavy atom. The number of piperidine rings is 1. The molecule has 0 spiro atoms. The zero-order valence-electron chi connectivity index (χ0n) is 13.4. The second kappa shape index (κ2) is 7.65. The van der Waals surface area contributed by atoms with E-state index in [2.05, 4.69) is 16.0 Å². The Morgan fingerprint density at radius 2 is 2.04 bits per heavy atom. The third-order valence-electron chi connectivity index (χ3n) is 3.76. The van der Waals surface area contributed by atoms with Crippen molar-refractivity contribution >= 4 is 17.6 Å². The summed E-state index contributed by atoms with van der Waals surface area (Å²) in [5.41, 5.74) is 0.462. The average Bonchev–Trinajstić information content (AvgIpc) is 2.59. The lowest BCUT2D eigenvalue weighted by atomic mass is 10.1. The molecule has 3 amide bonds. The first kappa shape index (κ1) is 16.8. The number of para-hydroxylation sites is 2. The molecule has 130 valence electrons. The lowest BCUT2D eigenvalue weighted by Gasteiger charge is -2.23. The van der Waals surface area contributed by atoms with Gasteiger partial charge in [-0.1, -0.05) is 18.2 Å². The van der Waals surface area contributed by atoms with E-state index in [1.165, 1.54) is 12.1 Å². The lowest BCUT2D eigenvalue weighted by molar-refractivity contribution is -0.122. The van der Waals surface area contributed by atoms with Crippen molar-refractivity contribution in [1.29, 1.82) is 0 Å². The molecule has 1 aliphatic heterocycles. The van der Waals surface area contributed by atoms with Crippen molar-refractivity contribution in [2.24, 2.45) is 0 Å². The molecular weight excluding hydrogens is 325 g/mol. The zero-order chi connectivity index (χ0) is 17.6. The fourth-order valence-corrected chi connectivity index (χ4v) is 2.52. The quantitative estimate of drug-likeness (QED) is 0.798. The highest BCUT2D eigenvalue weighted by Crippen LogP contribution is 2.29. The second-order valence-corrected chi connectivity index (χ2v) is 5.69. The minimum absolute atomic E-state index is 0.00713. The first-order valence-corrected chi connectivity index (χ1v) is 7.97. The van der Waals surface area contributed by atoms with Gasteiger partial charge in [0.2, 0.25) is 5.91 Å². The molecule has 2 aromatic rings. The molecule has 1 heterocycles. The standard InChI is InChI=1S/C18H18FN3O3/c19-12-4-3-5-14(10-12)25-16-7-2-1-6-15(16)22-18(24)21-13-8-9-17(23)20-11-13/h1-7,10,13H,8-9,11H2,(H,20,23)(H2,21,22,24). The van der Waals surface area contributed by atoms with E-state index < -0.39 is 11.8 Å². The Hall–Kier alpha value is -3.09. The Bertz CT molecular complexity index is 772. The average molecular weight is 343 g/mol. The number of hydrogen-bond acceptors (Lipinski definition) is 3. The summed E-state index contributed by atoms with van der Waals surface area (Å²) in [5.74, 6) is 0.331. The maximum absolute atomic E-state index is 13.3. The van der Waals surface area contributed by atoms with Crippen LogP contribution in [0.15, 0.2) is 48.5 Å². The molecule has 1 saturated heterocycles. The molecule has 0 aliphatic carbocycles. The number of ether oxygens (including phenoxy) is 1. The van der Waals surface area contributed by atoms with Crippen LogP contribution < -0.4 is 20.7 Å². The summed E-state index contributed by atoms with van der Waals surface area (Å²) in [7, 11) is 0. The number of nitrogens with one attached hydrogen (secondary N) is 3. The van der Waals surface area contributed by atoms with Gasteiger partial charge in [0.1, 0.15) is 11.6 Å². The Labute approximate surface area is 144 Å². The van der Waals surface area contributed by atoms with E-state index in [9.17, 15) is 14.0 Å². The van der Waals surface area contributed by atoms with E-state index in [0.717, 1.165) is 0 Å². The minimum atomic E-state index is -0.403. The number of amides is 3. The van der Waals surface area contributed by atoms with Gasteiger partial charge in [0.25, 0.3) is 0 Å². The van der Waals surface area contributed by atoms with Gasteiger partial charge in [-0.05, 0) is 30.7 Å². The smallest absolute Gasteiger partial charge is 0.319 e. The molecule has 0 aromatic heterocycles. The summed E-state index contributed by atoms with van der Waals surface area (Å²) in [6.45, 7) is 0.410. The summed E-state index contributed by atoms with van der Waals surface area (Å²) in [6, 6.07) is 12.1. The number of hydrogen-bond donors (Lipinski definition) is 3. The largest absolute Gasteiger partial charge is 0.455 e. The van der Waals surface area contributed by atoms with E-state index in [1.54, 1.807) is 36.4 Å². The molecular formula is C18H18FN3O3. The van der Waals surface area contributed by atoms with Crippen LogP contribution in [0.3, 0.4) is 0 Å². The molecule has 0 saturated carbocycles. The number of halogens is 1. The third-order valence-corrected chi connectivity index (χ3v) is 3.76. The van der Waals surface area contributed by atoms with Crippen LogP contribution in [0.2, 0.25) is 0 Å². The minimum Gasteiger partial charge on any atom is -0.455 e. The number of anilines is 1. The molecule has 1 atom stereocenters. The molecule has 7 heteroatoms. The number of urea groups is 1. The number of carbonyl (C=O) groups excluding carboxylic acids is 2. The first-order valence-electron chi connectivity index (χ1n) is 7.97. The molecule has 3 rings (SSSR count). The van der Waals surface area contributed by atoms with Gasteiger partial charge in [0.05, 0.1) is 5.69 Å². The van der Waals surface area contributed by atoms with E-state index >= 15 is 0 Å². The Balaban J connectivity index is 1.64. The predicted molar refractivity (Wildman–Crippen MR) is 91.1 cm³/mol. The fourth-order valence-electron chi connectivity index (χ4n) is 2.52. The monoisotopic (exact) mass is 343 g/mol. The van der Waals surface area contributed by atoms with E-state index in [4.69, 9.17) is 4.74 Å². The van der Waals surface area contributed by atoms with Gasteiger partial charge in [-0.25, -0.2) is 9.18 Å². The summed E-state index contributed by atoms with van der Waals surface area (Å²) in [4.78, 5) is 23.3. The highest BCUT2D eigenvalue weighted by molar-refractivity contribution is 5.91. The van der Waals surface area contributed by atoms with E-state index in [1.807, 2.05) is 0 Å². The third kappa shape index (κ3) is 4.69. The van der Waals surface area contributed by atoms with Gasteiger partial charge < -0.3 is 20.7 Å². The summed E-state index contributed by atoms with van der Waals surface area (Å²) in [6.07, 6.45) is 0.991. The van der Waals surface area contributed by atoms with Crippen LogP contribution in [-0.4, -0.2) is 24.5 Å². The molecule has 3 N–H and O–H groups in total. The first-order chi connectivity index (χ1) is 12.1. The normalized spacial score (nSPS) is 16.7. The van der Waals surface area contributed by atoms with E-state index in [-0.39, 0.29) is 11.9 Å². The Morgan fingerprint density at radius 3 is 2.80 bits per heavy atom. The van der Waals surface area contributed by atoms with Gasteiger partial charge in [0, 0.05) is 25.1 Å². The van der Waals surface area contributed by atoms with Crippen molar-refractivity contribution in [3.8, 4) is 11.5 Å². The van der Waals surface area contributed by atoms with Gasteiger partial charge >= 0.3 is 6.03 Å². The molecule has 25 heavy (non-hydrogen) atoms. The van der Waals surface area contributed by atoms with Crippen molar-refractivity contribution in [1.82, 2.24) is 10.6 Å². The van der Waals surface area contributed by atoms with Crippen LogP contribution in [0.25, 0.3) is 0 Å². The maximum atomic E-state index is 13.3. The van der Waals surface area contributed by atoms with Gasteiger partial charge in [-0.2, -0.15) is 0 Å². The van der Waals surface area contributed by atoms with Crippen LogP contribution in [-0.2, 0) is 4.79 Å². The molecule has 2 aromatic carbocycles. The van der Waals surface area contributed by atoms with Crippen LogP contribution in [0.1, 0.15) is 12.8 Å². The fraction of sp³-hybridized carbons (Fsp3) is 0.222. The van der Waals surface area contributed by atoms with Crippen molar-refractivity contribution < 1.29 is 18.7 Å². The highest BCUT2D eigenvalue weighted by atomic mass is 19.1. The predicted octanol–water partition coefficient (Wildman–Crippen LogP) is 3.02. The van der Waals surface area contributed by atoms with Gasteiger partial charge in [-0.15, -0.1) is 0 Å². The highest BCUT2D eigenvalue weighted by Gasteiger charge is 2.20. The number of carbonyl (C=O) groups is 2. The second-order valence-electron chi connectivity index (χ2n) is 5.69. The van der Waals surface area contributed by atoms with Crippen molar-refractivity contribution in [3.63, 3.8) is 0 Å². The number of rotatable bonds is 4. The van der Waals surface area contributed by atoms with Crippen molar-refractivity contribution in [2.75, 3.05) is 11.9 Å². The van der Waals surface area contributed by atoms with Crippen LogP contribution >= 0.6 is 0 Å². The zero-order valence-corrected chi connectivity index (χ0v) is 13.4. The number of benzene rings is 2. The molecule has 1 aliphatic rings. The van der Waals surface area contributed by atoms with Crippen LogP contribution in [0.4, 0.5) is 14.9 Å². The Kier molecular flexibility index (Phi) is 5.13. The van der Waals surface area contributed by atoms with Gasteiger partial charge in [0.15, 0.2) is 5.75 Å². The molecule has 0 bridgehead atoms. The molecule has 6 nitrogen and oxygen atoms in total. The van der Waals surface area contributed by atoms with Crippen LogP contribution in [0, 0.1) is 5.82 Å². The van der Waals surface area contributed by atoms with Gasteiger partial charge in [-0.3, -0.25) is 4.79 Å². The van der Waals surface area contributed by atoms with Crippen molar-refractivity contribution in [3.05, 3.63) is 54.3 Å². The van der Waals surface area contributed by atoms with E-state index in [0.29, 0.717) is 36.6 Å². The topological polar surface area (TPSA) is 79.5 Å². The van der Waals surface area contributed by atoms with Crippen molar-refractivity contribution in [2.45, 2.75) is 18.9 Å². The molecule has 0 radical (unpaired) electrons. The van der Waals surface area contributed by atoms with Crippen LogP contribution in [0.5, 0.6) is 11.5 Å². The SMILES string of the molecule is O=C1CCC(NC(=O)Nc2ccccc2Oc2cccc(F)c2)CN1. The maximum Gasteiger partial charge on any atom is 0.319 e. The summed E-state index contributed by atoms with van der Waals surface area (Å²) >= 11 is 0.